The number of aromatic nitrogens is 5. The minimum absolute atomic E-state index is 0.0133. The van der Waals surface area contributed by atoms with Crippen LogP contribution in [0.3, 0.4) is 0 Å². The summed E-state index contributed by atoms with van der Waals surface area (Å²) >= 11 is 5.87. The fourth-order valence-corrected chi connectivity index (χ4v) is 2.82. The number of nitrogens with one attached hydrogen (secondary N) is 1. The van der Waals surface area contributed by atoms with Crippen molar-refractivity contribution < 1.29 is 22.7 Å². The van der Waals surface area contributed by atoms with Crippen LogP contribution in [-0.2, 0) is 29.3 Å². The number of nitrogens with zero attached hydrogens (tertiary/aromatic N) is 5. The molecule has 0 fully saturated rings. The summed E-state index contributed by atoms with van der Waals surface area (Å²) < 4.78 is 44.7. The Morgan fingerprint density at radius 2 is 2.03 bits per heavy atom. The Bertz CT molecular complexity index is 1130. The van der Waals surface area contributed by atoms with E-state index in [1.165, 1.54) is 36.2 Å². The number of hydrogen-bond acceptors (Lipinski definition) is 7. The Labute approximate surface area is 186 Å². The summed E-state index contributed by atoms with van der Waals surface area (Å²) in [6, 6.07) is 3.28. The van der Waals surface area contributed by atoms with E-state index < -0.39 is 17.8 Å². The first-order valence-corrected chi connectivity index (χ1v) is 9.72. The molecule has 0 aliphatic heterocycles. The molecule has 0 unspecified atom stereocenters. The fraction of sp³-hybridized carbons (Fsp3) is 0.250. The lowest BCUT2D eigenvalue weighted by Gasteiger charge is -2.09. The van der Waals surface area contributed by atoms with E-state index in [0.717, 1.165) is 6.20 Å². The highest BCUT2D eigenvalue weighted by Gasteiger charge is 2.34. The van der Waals surface area contributed by atoms with Crippen LogP contribution >= 0.6 is 11.6 Å². The number of hydrogen-bond donors (Lipinski definition) is 1. The molecule has 0 atom stereocenters. The second kappa shape index (κ2) is 9.77. The Kier molecular flexibility index (Phi) is 7.08. The summed E-state index contributed by atoms with van der Waals surface area (Å²) in [5, 5.41) is 3.06. The second-order valence-corrected chi connectivity index (χ2v) is 6.82. The summed E-state index contributed by atoms with van der Waals surface area (Å²) in [6.07, 6.45) is 2.03. The molecule has 0 saturated carbocycles. The van der Waals surface area contributed by atoms with Gasteiger partial charge >= 0.3 is 12.1 Å². The topological polar surface area (TPSA) is 94.8 Å². The highest BCUT2D eigenvalue weighted by Crippen LogP contribution is 2.30. The number of esters is 1. The molecular weight excluding hydrogens is 449 g/mol. The summed E-state index contributed by atoms with van der Waals surface area (Å²) in [4.78, 5) is 27.4. The molecule has 3 rings (SSSR count). The van der Waals surface area contributed by atoms with Gasteiger partial charge in [0.1, 0.15) is 11.6 Å². The zero-order chi connectivity index (χ0) is 23.3. The van der Waals surface area contributed by atoms with Crippen LogP contribution in [0.1, 0.15) is 23.9 Å². The molecule has 0 amide bonds. The Hall–Kier alpha value is -3.47. The quantitative estimate of drug-likeness (QED) is 0.318. The predicted octanol–water partition coefficient (Wildman–Crippen LogP) is 4.13. The summed E-state index contributed by atoms with van der Waals surface area (Å²) in [7, 11) is 1.48. The van der Waals surface area contributed by atoms with E-state index in [9.17, 15) is 18.0 Å². The second-order valence-electron chi connectivity index (χ2n) is 6.48. The number of pyridine rings is 1. The van der Waals surface area contributed by atoms with E-state index in [2.05, 4.69) is 25.3 Å². The molecule has 0 radical (unpaired) electrons. The van der Waals surface area contributed by atoms with Crippen LogP contribution in [0.5, 0.6) is 0 Å². The van der Waals surface area contributed by atoms with Crippen molar-refractivity contribution >= 4 is 29.5 Å². The van der Waals surface area contributed by atoms with E-state index in [-0.39, 0.29) is 24.3 Å². The van der Waals surface area contributed by atoms with Gasteiger partial charge in [-0.15, -0.1) is 0 Å². The molecule has 3 aromatic heterocycles. The van der Waals surface area contributed by atoms with Gasteiger partial charge in [0, 0.05) is 42.8 Å². The summed E-state index contributed by atoms with van der Waals surface area (Å²) in [6.45, 7) is 2.19. The van der Waals surface area contributed by atoms with E-state index in [1.54, 1.807) is 19.1 Å². The van der Waals surface area contributed by atoms with Crippen molar-refractivity contribution in [1.82, 2.24) is 24.5 Å². The van der Waals surface area contributed by atoms with Crippen molar-refractivity contribution in [3.05, 3.63) is 59.0 Å². The number of anilines is 1. The fourth-order valence-electron chi connectivity index (χ4n) is 2.69. The lowest BCUT2D eigenvalue weighted by molar-refractivity contribution is -0.141. The Balaban J connectivity index is 1.73. The lowest BCUT2D eigenvalue weighted by atomic mass is 10.2. The molecular formula is C20H18ClF3N6O2. The number of carbonyl (C=O) groups is 1. The first-order valence-electron chi connectivity index (χ1n) is 9.34. The number of halogens is 4. The first kappa shape index (κ1) is 23.2. The summed E-state index contributed by atoms with van der Waals surface area (Å²) in [5.41, 5.74) is 0.570. The van der Waals surface area contributed by atoms with Crippen molar-refractivity contribution in [2.24, 2.45) is 7.05 Å². The maximum Gasteiger partial charge on any atom is 0.434 e. The number of carbonyl (C=O) groups excluding carboxylic acids is 1. The molecule has 32 heavy (non-hydrogen) atoms. The molecule has 1 N–H and O–H groups in total. The first-order chi connectivity index (χ1) is 15.2. The van der Waals surface area contributed by atoms with E-state index in [4.69, 9.17) is 16.3 Å². The van der Waals surface area contributed by atoms with Crippen LogP contribution in [0.2, 0.25) is 5.28 Å². The molecule has 0 aromatic carbocycles. The number of imidazole rings is 1. The van der Waals surface area contributed by atoms with Crippen molar-refractivity contribution in [1.29, 1.82) is 0 Å². The molecule has 0 spiro atoms. The van der Waals surface area contributed by atoms with Crippen LogP contribution in [0.25, 0.3) is 17.5 Å². The third-order valence-electron chi connectivity index (χ3n) is 4.16. The third-order valence-corrected chi connectivity index (χ3v) is 4.34. The van der Waals surface area contributed by atoms with Gasteiger partial charge in [-0.05, 0) is 36.7 Å². The maximum atomic E-state index is 12.9. The van der Waals surface area contributed by atoms with Gasteiger partial charge in [-0.3, -0.25) is 4.98 Å². The van der Waals surface area contributed by atoms with E-state index in [0.29, 0.717) is 22.6 Å². The average Bonchev–Trinajstić information content (AvgIpc) is 3.14. The zero-order valence-corrected chi connectivity index (χ0v) is 17.8. The van der Waals surface area contributed by atoms with Crippen LogP contribution < -0.4 is 5.32 Å². The minimum Gasteiger partial charge on any atom is -0.463 e. The molecule has 12 heteroatoms. The zero-order valence-electron chi connectivity index (χ0n) is 17.0. The smallest absolute Gasteiger partial charge is 0.434 e. The van der Waals surface area contributed by atoms with Crippen molar-refractivity contribution in [3.63, 3.8) is 0 Å². The van der Waals surface area contributed by atoms with Gasteiger partial charge in [-0.2, -0.15) is 13.2 Å². The molecule has 0 saturated heterocycles. The van der Waals surface area contributed by atoms with Gasteiger partial charge in [0.2, 0.25) is 5.28 Å². The SMILES string of the molecule is CCOC(=O)/C=C/c1cnc(Cl)nc1NCc1ccc(-c2nc(C(F)(F)F)cn2C)cn1. The maximum absolute atomic E-state index is 12.9. The predicted molar refractivity (Wildman–Crippen MR) is 111 cm³/mol. The van der Waals surface area contributed by atoms with E-state index in [1.807, 2.05) is 0 Å². The minimum atomic E-state index is -4.52. The number of alkyl halides is 3. The normalized spacial score (nSPS) is 11.7. The molecule has 0 bridgehead atoms. The van der Waals surface area contributed by atoms with Crippen molar-refractivity contribution in [2.75, 3.05) is 11.9 Å². The van der Waals surface area contributed by atoms with Gasteiger partial charge < -0.3 is 14.6 Å². The van der Waals surface area contributed by atoms with Gasteiger partial charge in [-0.25, -0.2) is 19.7 Å². The molecule has 0 aliphatic rings. The van der Waals surface area contributed by atoms with Gasteiger partial charge in [-0.1, -0.05) is 0 Å². The number of rotatable bonds is 7. The average molecular weight is 467 g/mol. The van der Waals surface area contributed by atoms with Gasteiger partial charge in [0.25, 0.3) is 0 Å². The van der Waals surface area contributed by atoms with Crippen molar-refractivity contribution in [2.45, 2.75) is 19.6 Å². The highest BCUT2D eigenvalue weighted by atomic mass is 35.5. The Morgan fingerprint density at radius 3 is 2.66 bits per heavy atom. The third kappa shape index (κ3) is 5.82. The lowest BCUT2D eigenvalue weighted by Crippen LogP contribution is -2.06. The highest BCUT2D eigenvalue weighted by molar-refractivity contribution is 6.28. The standard InChI is InChI=1S/C20H18ClF3N6O2/c1-3-32-16(31)7-5-12-8-27-19(21)29-17(12)26-10-14-6-4-13(9-25-14)18-28-15(11-30(18)2)20(22,23)24/h4-9,11H,3,10H2,1-2H3,(H,26,27,29)/b7-5+. The monoisotopic (exact) mass is 466 g/mol. The number of ether oxygens (including phenoxy) is 1. The molecule has 0 aliphatic carbocycles. The number of aryl methyl sites for hydroxylation is 1. The molecule has 3 heterocycles. The van der Waals surface area contributed by atoms with E-state index >= 15 is 0 Å². The van der Waals surface area contributed by atoms with Crippen LogP contribution in [-0.4, -0.2) is 37.1 Å². The van der Waals surface area contributed by atoms with Crippen LogP contribution in [0, 0.1) is 0 Å². The van der Waals surface area contributed by atoms with Gasteiger partial charge in [0.15, 0.2) is 5.69 Å². The Morgan fingerprint density at radius 1 is 1.25 bits per heavy atom. The molecule has 168 valence electrons. The van der Waals surface area contributed by atoms with Crippen LogP contribution in [0.4, 0.5) is 19.0 Å². The largest absolute Gasteiger partial charge is 0.463 e. The summed E-state index contributed by atoms with van der Waals surface area (Å²) in [5.74, 6) is 0.0160. The van der Waals surface area contributed by atoms with Crippen LogP contribution in [0.15, 0.2) is 36.8 Å². The molecule has 3 aromatic rings. The molecule has 8 nitrogen and oxygen atoms in total. The van der Waals surface area contributed by atoms with Gasteiger partial charge in [0.05, 0.1) is 18.8 Å². The van der Waals surface area contributed by atoms with Crippen molar-refractivity contribution in [3.8, 4) is 11.4 Å².